The maximum Gasteiger partial charge on any atom is 0.195 e. The molecule has 1 aromatic heterocycles. The van der Waals surface area contributed by atoms with Crippen molar-refractivity contribution in [3.8, 4) is 11.8 Å². The number of aliphatic imine (C=N–C) groups is 1. The van der Waals surface area contributed by atoms with Gasteiger partial charge in [-0.1, -0.05) is 0 Å². The molecule has 1 aromatic carbocycles. The lowest BCUT2D eigenvalue weighted by atomic mass is 9.79. The maximum absolute atomic E-state index is 14.7. The number of phenols is 1. The van der Waals surface area contributed by atoms with Gasteiger partial charge in [-0.2, -0.15) is 10.4 Å². The summed E-state index contributed by atoms with van der Waals surface area (Å²) in [5.74, 6) is -0.0670. The van der Waals surface area contributed by atoms with Gasteiger partial charge >= 0.3 is 0 Å². The SMILES string of the molecule is CN1CCN(c2ccc(C3C(C#N)=C(c4ccc(O)cc4F)N=C4NN=C(N)C43)o2)CC1. The summed E-state index contributed by atoms with van der Waals surface area (Å²) in [5.41, 5.74) is 9.44. The molecule has 10 heteroatoms. The predicted molar refractivity (Wildman–Crippen MR) is 117 cm³/mol. The molecular weight excluding hydrogens is 413 g/mol. The molecule has 2 aromatic rings. The van der Waals surface area contributed by atoms with Crippen LogP contribution in [0.25, 0.3) is 5.70 Å². The van der Waals surface area contributed by atoms with Crippen molar-refractivity contribution < 1.29 is 13.9 Å². The number of aromatic hydroxyl groups is 1. The molecule has 5 rings (SSSR count). The summed E-state index contributed by atoms with van der Waals surface area (Å²) in [7, 11) is 2.08. The quantitative estimate of drug-likeness (QED) is 0.671. The van der Waals surface area contributed by atoms with Crippen LogP contribution in [0.4, 0.5) is 10.3 Å². The number of nitrogens with one attached hydrogen (secondary N) is 1. The highest BCUT2D eigenvalue weighted by molar-refractivity contribution is 6.13. The molecule has 3 aliphatic heterocycles. The van der Waals surface area contributed by atoms with Gasteiger partial charge in [0, 0.05) is 43.9 Å². The van der Waals surface area contributed by atoms with Crippen LogP contribution in [-0.4, -0.2) is 54.9 Å². The van der Waals surface area contributed by atoms with E-state index in [1.54, 1.807) is 0 Å². The van der Waals surface area contributed by atoms with Crippen LogP contribution in [0.5, 0.6) is 5.75 Å². The summed E-state index contributed by atoms with van der Waals surface area (Å²) in [4.78, 5) is 8.88. The second kappa shape index (κ2) is 7.69. The van der Waals surface area contributed by atoms with E-state index < -0.39 is 17.7 Å². The minimum absolute atomic E-state index is 0.105. The van der Waals surface area contributed by atoms with Gasteiger partial charge in [0.25, 0.3) is 0 Å². The predicted octanol–water partition coefficient (Wildman–Crippen LogP) is 1.80. The lowest BCUT2D eigenvalue weighted by Gasteiger charge is -2.32. The number of halogens is 1. The van der Waals surface area contributed by atoms with Gasteiger partial charge < -0.3 is 25.1 Å². The first-order valence-corrected chi connectivity index (χ1v) is 10.3. The number of hydrazone groups is 1. The van der Waals surface area contributed by atoms with Crippen LogP contribution in [0.1, 0.15) is 17.2 Å². The Kier molecular flexibility index (Phi) is 4.83. The first kappa shape index (κ1) is 20.1. The fraction of sp³-hybridized carbons (Fsp3) is 0.318. The van der Waals surface area contributed by atoms with Gasteiger partial charge in [-0.3, -0.25) is 5.43 Å². The monoisotopic (exact) mass is 435 g/mol. The third-order valence-corrected chi connectivity index (χ3v) is 6.11. The number of furan rings is 1. The van der Waals surface area contributed by atoms with Gasteiger partial charge in [-0.05, 0) is 25.2 Å². The Hall–Kier alpha value is -3.84. The summed E-state index contributed by atoms with van der Waals surface area (Å²) >= 11 is 0. The van der Waals surface area contributed by atoms with Gasteiger partial charge in [-0.25, -0.2) is 9.38 Å². The van der Waals surface area contributed by atoms with Gasteiger partial charge in [-0.15, -0.1) is 0 Å². The number of allylic oxidation sites excluding steroid dienone is 1. The normalized spacial score (nSPS) is 23.3. The molecule has 2 atom stereocenters. The molecule has 0 bridgehead atoms. The van der Waals surface area contributed by atoms with Crippen molar-refractivity contribution in [3.63, 3.8) is 0 Å². The Bertz CT molecular complexity index is 1200. The zero-order valence-electron chi connectivity index (χ0n) is 17.4. The number of amidine groups is 2. The lowest BCUT2D eigenvalue weighted by Crippen LogP contribution is -2.44. The summed E-state index contributed by atoms with van der Waals surface area (Å²) in [6.07, 6.45) is 0. The Balaban J connectivity index is 1.59. The van der Waals surface area contributed by atoms with Crippen molar-refractivity contribution in [3.05, 3.63) is 53.0 Å². The number of benzene rings is 1. The number of likely N-dealkylation sites (N-methyl/N-ethyl adjacent to an activating group) is 1. The Labute approximate surface area is 183 Å². The number of nitriles is 1. The highest BCUT2D eigenvalue weighted by Gasteiger charge is 2.44. The molecule has 2 unspecified atom stereocenters. The van der Waals surface area contributed by atoms with E-state index >= 15 is 0 Å². The lowest BCUT2D eigenvalue weighted by molar-refractivity contribution is 0.304. The average molecular weight is 435 g/mol. The molecule has 0 spiro atoms. The number of nitrogens with zero attached hydrogens (tertiary/aromatic N) is 5. The van der Waals surface area contributed by atoms with E-state index in [0.29, 0.717) is 17.5 Å². The fourth-order valence-corrected chi connectivity index (χ4v) is 4.36. The molecule has 32 heavy (non-hydrogen) atoms. The highest BCUT2D eigenvalue weighted by atomic mass is 19.1. The third kappa shape index (κ3) is 3.27. The second-order valence-electron chi connectivity index (χ2n) is 8.11. The van der Waals surface area contributed by atoms with E-state index in [2.05, 4.69) is 38.4 Å². The molecule has 4 N–H and O–H groups in total. The van der Waals surface area contributed by atoms with Crippen molar-refractivity contribution in [2.75, 3.05) is 38.1 Å². The fourth-order valence-electron chi connectivity index (χ4n) is 4.36. The van der Waals surface area contributed by atoms with E-state index in [1.807, 2.05) is 12.1 Å². The third-order valence-electron chi connectivity index (χ3n) is 6.11. The highest BCUT2D eigenvalue weighted by Crippen LogP contribution is 2.44. The number of hydrogen-bond acceptors (Lipinski definition) is 9. The summed E-state index contributed by atoms with van der Waals surface area (Å²) in [6, 6.07) is 9.65. The molecule has 0 aliphatic carbocycles. The van der Waals surface area contributed by atoms with E-state index in [-0.39, 0.29) is 28.4 Å². The molecule has 1 saturated heterocycles. The molecule has 9 nitrogen and oxygen atoms in total. The van der Waals surface area contributed by atoms with Crippen LogP contribution >= 0.6 is 0 Å². The molecule has 164 valence electrons. The van der Waals surface area contributed by atoms with Crippen molar-refractivity contribution in [1.82, 2.24) is 10.3 Å². The first-order chi connectivity index (χ1) is 15.5. The van der Waals surface area contributed by atoms with Crippen LogP contribution in [0, 0.1) is 23.1 Å². The van der Waals surface area contributed by atoms with Crippen molar-refractivity contribution in [1.29, 1.82) is 5.26 Å². The topological polar surface area (TPSA) is 126 Å². The molecule has 0 radical (unpaired) electrons. The number of fused-ring (bicyclic) bond motifs is 1. The van der Waals surface area contributed by atoms with E-state index in [9.17, 15) is 14.8 Å². The number of anilines is 1. The Morgan fingerprint density at radius 3 is 2.72 bits per heavy atom. The molecule has 0 saturated carbocycles. The van der Waals surface area contributed by atoms with Gasteiger partial charge in [0.15, 0.2) is 5.88 Å². The van der Waals surface area contributed by atoms with Crippen LogP contribution in [0.15, 0.2) is 50.4 Å². The van der Waals surface area contributed by atoms with E-state index in [4.69, 9.17) is 10.2 Å². The average Bonchev–Trinajstić information content (AvgIpc) is 3.40. The van der Waals surface area contributed by atoms with Crippen LogP contribution in [0.2, 0.25) is 0 Å². The van der Waals surface area contributed by atoms with Gasteiger partial charge in [0.1, 0.15) is 29.0 Å². The second-order valence-corrected chi connectivity index (χ2v) is 8.11. The van der Waals surface area contributed by atoms with E-state index in [0.717, 1.165) is 32.2 Å². The largest absolute Gasteiger partial charge is 0.508 e. The summed E-state index contributed by atoms with van der Waals surface area (Å²) < 4.78 is 20.9. The number of rotatable bonds is 3. The molecule has 4 heterocycles. The van der Waals surface area contributed by atoms with Crippen LogP contribution in [0.3, 0.4) is 0 Å². The molecular formula is C22H22FN7O2. The van der Waals surface area contributed by atoms with Crippen molar-refractivity contribution >= 4 is 23.3 Å². The smallest absolute Gasteiger partial charge is 0.195 e. The van der Waals surface area contributed by atoms with Crippen molar-refractivity contribution in [2.24, 2.45) is 21.7 Å². The van der Waals surface area contributed by atoms with Gasteiger partial charge in [0.05, 0.1) is 29.2 Å². The number of nitrogens with two attached hydrogens (primary N) is 1. The van der Waals surface area contributed by atoms with Crippen LogP contribution < -0.4 is 16.1 Å². The molecule has 1 fully saturated rings. The Morgan fingerprint density at radius 1 is 1.22 bits per heavy atom. The zero-order chi connectivity index (χ0) is 22.4. The molecule has 0 amide bonds. The number of phenolic OH excluding ortho intramolecular Hbond substituents is 1. The van der Waals surface area contributed by atoms with Crippen molar-refractivity contribution in [2.45, 2.75) is 5.92 Å². The minimum atomic E-state index is -0.682. The Morgan fingerprint density at radius 2 is 2.00 bits per heavy atom. The standard InChI is InChI=1S/C22H22FN7O2/c1-29-6-8-30(9-7-29)17-5-4-16(32-17)18-14(11-24)20(13-3-2-12(31)10-15(13)23)26-22-19(18)21(25)27-28-22/h2-5,10,18-19,31H,6-9H2,1H3,(H2,25,27)(H,26,28). The van der Waals surface area contributed by atoms with E-state index in [1.165, 1.54) is 12.1 Å². The first-order valence-electron chi connectivity index (χ1n) is 10.3. The van der Waals surface area contributed by atoms with Crippen LogP contribution in [-0.2, 0) is 0 Å². The maximum atomic E-state index is 14.7. The number of hydrogen-bond donors (Lipinski definition) is 3. The minimum Gasteiger partial charge on any atom is -0.508 e. The van der Waals surface area contributed by atoms with Gasteiger partial charge in [0.2, 0.25) is 0 Å². The number of piperazine rings is 1. The summed E-state index contributed by atoms with van der Waals surface area (Å²) in [5, 5.41) is 23.8. The molecule has 3 aliphatic rings. The summed E-state index contributed by atoms with van der Waals surface area (Å²) in [6.45, 7) is 3.52. The zero-order valence-corrected chi connectivity index (χ0v) is 17.4.